The second kappa shape index (κ2) is 4.97. The molecule has 2 aromatic heterocycles. The van der Waals surface area contributed by atoms with Gasteiger partial charge < -0.3 is 24.9 Å². The maximum Gasteiger partial charge on any atom is 0.206 e. The fourth-order valence-corrected chi connectivity index (χ4v) is 2.30. The minimum Gasteiger partial charge on any atom is -0.508 e. The highest BCUT2D eigenvalue weighted by Crippen LogP contribution is 2.31. The highest BCUT2D eigenvalue weighted by Gasteiger charge is 2.29. The fourth-order valence-electron chi connectivity index (χ4n) is 2.30. The van der Waals surface area contributed by atoms with E-state index in [1.165, 1.54) is 0 Å². The molecule has 1 fully saturated rings. The minimum atomic E-state index is -0.406. The van der Waals surface area contributed by atoms with E-state index in [4.69, 9.17) is 9.47 Å². The zero-order chi connectivity index (χ0) is 15.1. The van der Waals surface area contributed by atoms with E-state index in [0.29, 0.717) is 11.6 Å². The van der Waals surface area contributed by atoms with Crippen molar-refractivity contribution in [1.82, 2.24) is 15.0 Å². The van der Waals surface area contributed by atoms with E-state index in [-0.39, 0.29) is 12.0 Å². The molecule has 0 bridgehead atoms. The summed E-state index contributed by atoms with van der Waals surface area (Å²) in [5.41, 5.74) is 3.13. The highest BCUT2D eigenvalue weighted by atomic mass is 16.9. The van der Waals surface area contributed by atoms with Crippen LogP contribution >= 0.6 is 0 Å². The van der Waals surface area contributed by atoms with Gasteiger partial charge in [-0.3, -0.25) is 4.98 Å². The maximum absolute atomic E-state index is 9.28. The number of hydrogen-bond donors (Lipinski definition) is 3. The number of benzene rings is 1. The molecule has 4 rings (SSSR count). The van der Waals surface area contributed by atoms with E-state index >= 15 is 0 Å². The van der Waals surface area contributed by atoms with Gasteiger partial charge in [0.1, 0.15) is 11.3 Å². The molecule has 0 amide bonds. The number of rotatable bonds is 3. The molecule has 0 unspecified atom stereocenters. The van der Waals surface area contributed by atoms with Crippen LogP contribution in [0.4, 0.5) is 11.6 Å². The summed E-state index contributed by atoms with van der Waals surface area (Å²) in [5, 5.41) is 12.4. The molecule has 3 aromatic rings. The number of H-pyrrole nitrogens is 1. The number of nitrogens with one attached hydrogen (secondary N) is 2. The minimum absolute atomic E-state index is 0.184. The van der Waals surface area contributed by atoms with Crippen LogP contribution in [0, 0.1) is 0 Å². The van der Waals surface area contributed by atoms with Gasteiger partial charge in [0.25, 0.3) is 0 Å². The number of nitrogens with zero attached hydrogens (tertiary/aromatic N) is 2. The van der Waals surface area contributed by atoms with Crippen molar-refractivity contribution in [3.05, 3.63) is 42.2 Å². The van der Waals surface area contributed by atoms with Gasteiger partial charge in [-0.05, 0) is 37.3 Å². The van der Waals surface area contributed by atoms with Crippen molar-refractivity contribution < 1.29 is 14.6 Å². The van der Waals surface area contributed by atoms with Crippen LogP contribution in [0.1, 0.15) is 18.9 Å². The van der Waals surface area contributed by atoms with Gasteiger partial charge in [0.15, 0.2) is 6.29 Å². The third kappa shape index (κ3) is 2.36. The molecule has 0 radical (unpaired) electrons. The smallest absolute Gasteiger partial charge is 0.206 e. The van der Waals surface area contributed by atoms with Gasteiger partial charge >= 0.3 is 0 Å². The van der Waals surface area contributed by atoms with Crippen molar-refractivity contribution in [3.8, 4) is 5.75 Å². The number of fused-ring (bicyclic) bond motifs is 1. The van der Waals surface area contributed by atoms with Crippen molar-refractivity contribution in [2.45, 2.75) is 19.5 Å². The third-order valence-electron chi connectivity index (χ3n) is 3.39. The number of ether oxygens (including phenoxy) is 2. The molecule has 0 spiro atoms. The first-order valence-corrected chi connectivity index (χ1v) is 6.90. The summed E-state index contributed by atoms with van der Waals surface area (Å²) >= 11 is 0. The molecular formula is C15H14N4O3. The standard InChI is InChI=1S/C15H14N4O3/c1-8-21-14(22-8)12-6-11-13(7-16-12)19-15(18-11)17-9-2-4-10(20)5-3-9/h2-8,14,20H,1H3,(H2,17,18,19). The number of hydrogen-bond acceptors (Lipinski definition) is 6. The first-order chi connectivity index (χ1) is 10.7. The molecule has 0 aliphatic carbocycles. The van der Waals surface area contributed by atoms with Crippen LogP contribution in [-0.2, 0) is 9.47 Å². The Kier molecular flexibility index (Phi) is 2.95. The Balaban J connectivity index is 1.58. The van der Waals surface area contributed by atoms with Crippen LogP contribution in [0.25, 0.3) is 11.0 Å². The second-order valence-electron chi connectivity index (χ2n) is 5.06. The second-order valence-corrected chi connectivity index (χ2v) is 5.06. The fraction of sp³-hybridized carbons (Fsp3) is 0.200. The predicted molar refractivity (Wildman–Crippen MR) is 79.7 cm³/mol. The number of aromatic hydroxyl groups is 1. The molecule has 7 nitrogen and oxygen atoms in total. The number of aromatic amines is 1. The Bertz CT molecular complexity index is 809. The molecule has 0 saturated carbocycles. The Morgan fingerprint density at radius 1 is 1.23 bits per heavy atom. The normalized spacial score (nSPS) is 20.8. The lowest BCUT2D eigenvalue weighted by Gasteiger charge is -2.32. The average molecular weight is 298 g/mol. The first kappa shape index (κ1) is 13.1. The van der Waals surface area contributed by atoms with Gasteiger partial charge in [0.05, 0.1) is 17.4 Å². The highest BCUT2D eigenvalue weighted by molar-refractivity contribution is 5.78. The zero-order valence-electron chi connectivity index (χ0n) is 11.8. The lowest BCUT2D eigenvalue weighted by Crippen LogP contribution is -2.32. The number of pyridine rings is 1. The Hall–Kier alpha value is -2.64. The molecule has 3 N–H and O–H groups in total. The molecule has 1 aromatic carbocycles. The summed E-state index contributed by atoms with van der Waals surface area (Å²) in [6.45, 7) is 1.84. The molecule has 1 saturated heterocycles. The summed E-state index contributed by atoms with van der Waals surface area (Å²) < 4.78 is 10.9. The maximum atomic E-state index is 9.28. The number of imidazole rings is 1. The molecule has 22 heavy (non-hydrogen) atoms. The quantitative estimate of drug-likeness (QED) is 0.644. The van der Waals surface area contributed by atoms with E-state index in [9.17, 15) is 5.11 Å². The van der Waals surface area contributed by atoms with Crippen molar-refractivity contribution in [2.24, 2.45) is 0 Å². The largest absolute Gasteiger partial charge is 0.508 e. The molecule has 112 valence electrons. The van der Waals surface area contributed by atoms with E-state index in [1.54, 1.807) is 30.5 Å². The number of aromatic nitrogens is 3. The SMILES string of the molecule is CC1OC(c2cc3[nH]c(Nc4ccc(O)cc4)nc3cn2)O1. The van der Waals surface area contributed by atoms with Crippen molar-refractivity contribution in [3.63, 3.8) is 0 Å². The van der Waals surface area contributed by atoms with Crippen molar-refractivity contribution in [1.29, 1.82) is 0 Å². The molecule has 1 aliphatic heterocycles. The van der Waals surface area contributed by atoms with Crippen LogP contribution in [0.5, 0.6) is 5.75 Å². The molecule has 3 heterocycles. The first-order valence-electron chi connectivity index (χ1n) is 6.90. The summed E-state index contributed by atoms with van der Waals surface area (Å²) in [7, 11) is 0. The third-order valence-corrected chi connectivity index (χ3v) is 3.39. The molecule has 0 atom stereocenters. The molecule has 7 heteroatoms. The van der Waals surface area contributed by atoms with E-state index in [2.05, 4.69) is 20.3 Å². The van der Waals surface area contributed by atoms with Gasteiger partial charge in [-0.1, -0.05) is 0 Å². The van der Waals surface area contributed by atoms with Gasteiger partial charge in [-0.2, -0.15) is 0 Å². The van der Waals surface area contributed by atoms with Crippen LogP contribution < -0.4 is 5.32 Å². The summed E-state index contributed by atoms with van der Waals surface area (Å²) in [5.74, 6) is 0.821. The molecule has 1 aliphatic rings. The number of phenolic OH excluding ortho intramolecular Hbond substituents is 1. The zero-order valence-corrected chi connectivity index (χ0v) is 11.8. The summed E-state index contributed by atoms with van der Waals surface area (Å²) in [6.07, 6.45) is 1.09. The van der Waals surface area contributed by atoms with Crippen molar-refractivity contribution >= 4 is 22.7 Å². The summed E-state index contributed by atoms with van der Waals surface area (Å²) in [6, 6.07) is 8.61. The average Bonchev–Trinajstić information content (AvgIpc) is 2.87. The Morgan fingerprint density at radius 2 is 2.00 bits per heavy atom. The lowest BCUT2D eigenvalue weighted by atomic mass is 10.3. The van der Waals surface area contributed by atoms with E-state index in [0.717, 1.165) is 16.7 Å². The van der Waals surface area contributed by atoms with Gasteiger partial charge in [0, 0.05) is 5.69 Å². The Labute approximate surface area is 125 Å². The number of phenols is 1. The van der Waals surface area contributed by atoms with Crippen LogP contribution in [0.3, 0.4) is 0 Å². The molecular weight excluding hydrogens is 284 g/mol. The predicted octanol–water partition coefficient (Wildman–Crippen LogP) is 2.80. The monoisotopic (exact) mass is 298 g/mol. The van der Waals surface area contributed by atoms with Crippen LogP contribution in [0.15, 0.2) is 36.5 Å². The van der Waals surface area contributed by atoms with Gasteiger partial charge in [0.2, 0.25) is 12.2 Å². The van der Waals surface area contributed by atoms with E-state index in [1.807, 2.05) is 13.0 Å². The van der Waals surface area contributed by atoms with Gasteiger partial charge in [-0.15, -0.1) is 0 Å². The van der Waals surface area contributed by atoms with Crippen LogP contribution in [0.2, 0.25) is 0 Å². The topological polar surface area (TPSA) is 92.3 Å². The van der Waals surface area contributed by atoms with Crippen molar-refractivity contribution in [2.75, 3.05) is 5.32 Å². The van der Waals surface area contributed by atoms with Crippen LogP contribution in [-0.4, -0.2) is 26.3 Å². The summed E-state index contributed by atoms with van der Waals surface area (Å²) in [4.78, 5) is 11.9. The Morgan fingerprint density at radius 3 is 2.73 bits per heavy atom. The van der Waals surface area contributed by atoms with Gasteiger partial charge in [-0.25, -0.2) is 4.98 Å². The number of anilines is 2. The lowest BCUT2D eigenvalue weighted by molar-refractivity contribution is -0.383. The van der Waals surface area contributed by atoms with E-state index < -0.39 is 6.29 Å².